The fourth-order valence-electron chi connectivity index (χ4n) is 5.09. The van der Waals surface area contributed by atoms with E-state index in [4.69, 9.17) is 10.2 Å². The Balaban J connectivity index is 1.22. The molecule has 6 rings (SSSR count). The van der Waals surface area contributed by atoms with Gasteiger partial charge in [0.2, 0.25) is 5.13 Å². The molecule has 2 aromatic heterocycles. The molecule has 0 amide bonds. The SMILES string of the molecule is N#CC1=C(N)N(c2nnc(SCC(=O)c3ccc(-c4ccccc4)cc3)s2)C2=C(C(=O)CCC2)C1c1ccco1. The minimum absolute atomic E-state index is 0.0188. The summed E-state index contributed by atoms with van der Waals surface area (Å²) in [6, 6.07) is 23.2. The summed E-state index contributed by atoms with van der Waals surface area (Å²) in [6.07, 6.45) is 3.20. The van der Waals surface area contributed by atoms with Crippen LogP contribution < -0.4 is 10.6 Å². The molecule has 0 fully saturated rings. The zero-order valence-corrected chi connectivity index (χ0v) is 22.9. The van der Waals surface area contributed by atoms with Crippen LogP contribution in [0, 0.1) is 11.3 Å². The van der Waals surface area contributed by atoms with Crippen LogP contribution in [0.25, 0.3) is 11.1 Å². The van der Waals surface area contributed by atoms with Crippen molar-refractivity contribution in [3.05, 3.63) is 107 Å². The number of nitrogens with zero attached hydrogens (tertiary/aromatic N) is 4. The number of anilines is 1. The molecule has 1 atom stereocenters. The van der Waals surface area contributed by atoms with Gasteiger partial charge in [-0.2, -0.15) is 5.26 Å². The van der Waals surface area contributed by atoms with Crippen LogP contribution in [0.3, 0.4) is 0 Å². The highest BCUT2D eigenvalue weighted by Crippen LogP contribution is 2.47. The molecule has 40 heavy (non-hydrogen) atoms. The van der Waals surface area contributed by atoms with Crippen molar-refractivity contribution in [2.75, 3.05) is 10.7 Å². The molecule has 0 spiro atoms. The van der Waals surface area contributed by atoms with Gasteiger partial charge in [0.25, 0.3) is 0 Å². The van der Waals surface area contributed by atoms with Gasteiger partial charge in [0.05, 0.1) is 29.6 Å². The summed E-state index contributed by atoms with van der Waals surface area (Å²) < 4.78 is 6.20. The largest absolute Gasteiger partial charge is 0.468 e. The highest BCUT2D eigenvalue weighted by Gasteiger charge is 2.42. The minimum atomic E-state index is -0.647. The summed E-state index contributed by atoms with van der Waals surface area (Å²) in [4.78, 5) is 27.7. The van der Waals surface area contributed by atoms with Crippen LogP contribution in [0.15, 0.2) is 104 Å². The van der Waals surface area contributed by atoms with Crippen molar-refractivity contribution in [1.29, 1.82) is 5.26 Å². The van der Waals surface area contributed by atoms with E-state index in [-0.39, 0.29) is 28.7 Å². The second-order valence-corrected chi connectivity index (χ2v) is 11.5. The zero-order valence-electron chi connectivity index (χ0n) is 21.2. The van der Waals surface area contributed by atoms with Crippen molar-refractivity contribution in [3.8, 4) is 17.2 Å². The van der Waals surface area contributed by atoms with Crippen LogP contribution in [0.2, 0.25) is 0 Å². The van der Waals surface area contributed by atoms with E-state index in [1.807, 2.05) is 54.6 Å². The Morgan fingerprint density at radius 3 is 2.58 bits per heavy atom. The third kappa shape index (κ3) is 4.74. The molecule has 1 unspecified atom stereocenters. The van der Waals surface area contributed by atoms with Gasteiger partial charge < -0.3 is 10.2 Å². The summed E-state index contributed by atoms with van der Waals surface area (Å²) in [5, 5.41) is 19.1. The quantitative estimate of drug-likeness (QED) is 0.210. The van der Waals surface area contributed by atoms with Gasteiger partial charge in [-0.05, 0) is 36.1 Å². The van der Waals surface area contributed by atoms with Gasteiger partial charge in [0, 0.05) is 23.3 Å². The topological polar surface area (TPSA) is 126 Å². The van der Waals surface area contributed by atoms with Crippen molar-refractivity contribution >= 4 is 39.8 Å². The number of benzene rings is 2. The normalized spacial score (nSPS) is 17.1. The second-order valence-electron chi connectivity index (χ2n) is 9.34. The van der Waals surface area contributed by atoms with Crippen molar-refractivity contribution in [2.24, 2.45) is 5.73 Å². The fraction of sp³-hybridized carbons (Fsp3) is 0.167. The van der Waals surface area contributed by atoms with Gasteiger partial charge in [-0.25, -0.2) is 0 Å². The molecule has 3 heterocycles. The number of hydrogen-bond acceptors (Lipinski definition) is 10. The molecule has 1 aliphatic heterocycles. The minimum Gasteiger partial charge on any atom is -0.468 e. The molecule has 2 aliphatic rings. The average molecular weight is 566 g/mol. The Hall–Kier alpha value is -4.46. The standard InChI is InChI=1S/C30H23N5O3S2/c31-16-21-26(25-10-5-15-38-25)27-22(8-4-9-23(27)36)35(28(21)32)29-33-34-30(40-29)39-17-24(37)20-13-11-19(12-14-20)18-6-2-1-3-7-18/h1-3,5-7,10-15,26H,4,8-9,17,32H2. The maximum absolute atomic E-state index is 13.1. The maximum Gasteiger partial charge on any atom is 0.219 e. The summed E-state index contributed by atoms with van der Waals surface area (Å²) in [5.41, 5.74) is 10.8. The summed E-state index contributed by atoms with van der Waals surface area (Å²) in [7, 11) is 0. The first-order valence-corrected chi connectivity index (χ1v) is 14.5. The van der Waals surface area contributed by atoms with Gasteiger partial charge in [-0.1, -0.05) is 77.7 Å². The summed E-state index contributed by atoms with van der Waals surface area (Å²) in [6.45, 7) is 0. The number of furan rings is 1. The molecule has 10 heteroatoms. The van der Waals surface area contributed by atoms with Gasteiger partial charge >= 0.3 is 0 Å². The van der Waals surface area contributed by atoms with E-state index in [9.17, 15) is 14.9 Å². The lowest BCUT2D eigenvalue weighted by atomic mass is 9.78. The van der Waals surface area contributed by atoms with Crippen LogP contribution in [-0.2, 0) is 4.79 Å². The number of nitrogens with two attached hydrogens (primary N) is 1. The molecule has 1 aliphatic carbocycles. The first kappa shape index (κ1) is 25.8. The lowest BCUT2D eigenvalue weighted by Gasteiger charge is -2.37. The second kappa shape index (κ2) is 11.0. The van der Waals surface area contributed by atoms with E-state index in [0.29, 0.717) is 45.6 Å². The third-order valence-corrected chi connectivity index (χ3v) is 9.01. The number of aromatic nitrogens is 2. The van der Waals surface area contributed by atoms with Crippen molar-refractivity contribution in [1.82, 2.24) is 10.2 Å². The molecular formula is C30H23N5O3S2. The number of thioether (sulfide) groups is 1. The number of ketones is 2. The monoisotopic (exact) mass is 565 g/mol. The van der Waals surface area contributed by atoms with E-state index in [0.717, 1.165) is 16.8 Å². The van der Waals surface area contributed by atoms with Crippen molar-refractivity contribution < 1.29 is 14.0 Å². The van der Waals surface area contributed by atoms with Crippen LogP contribution in [0.4, 0.5) is 5.13 Å². The number of hydrogen-bond donors (Lipinski definition) is 1. The molecule has 0 saturated heterocycles. The molecule has 2 N–H and O–H groups in total. The van der Waals surface area contributed by atoms with E-state index >= 15 is 0 Å². The first-order valence-electron chi connectivity index (χ1n) is 12.7. The Morgan fingerprint density at radius 2 is 1.85 bits per heavy atom. The molecule has 198 valence electrons. The average Bonchev–Trinajstić information content (AvgIpc) is 3.69. The van der Waals surface area contributed by atoms with Gasteiger partial charge in [-0.3, -0.25) is 14.5 Å². The Morgan fingerprint density at radius 1 is 1.07 bits per heavy atom. The first-order chi connectivity index (χ1) is 19.5. The van der Waals surface area contributed by atoms with Crippen molar-refractivity contribution in [2.45, 2.75) is 29.5 Å². The van der Waals surface area contributed by atoms with Crippen LogP contribution >= 0.6 is 23.1 Å². The van der Waals surface area contributed by atoms with Gasteiger partial charge in [0.1, 0.15) is 11.6 Å². The van der Waals surface area contributed by atoms with Crippen molar-refractivity contribution in [3.63, 3.8) is 0 Å². The molecule has 4 aromatic rings. The summed E-state index contributed by atoms with van der Waals surface area (Å²) >= 11 is 2.56. The lowest BCUT2D eigenvalue weighted by molar-refractivity contribution is -0.116. The van der Waals surface area contributed by atoms with Gasteiger partial charge in [0.15, 0.2) is 15.9 Å². The van der Waals surface area contributed by atoms with E-state index < -0.39 is 5.92 Å². The van der Waals surface area contributed by atoms with Crippen LogP contribution in [0.5, 0.6) is 0 Å². The molecule has 0 radical (unpaired) electrons. The number of rotatable bonds is 7. The fourth-order valence-corrected chi connectivity index (χ4v) is 6.86. The van der Waals surface area contributed by atoms with E-state index in [2.05, 4.69) is 16.3 Å². The molecule has 2 aromatic carbocycles. The number of Topliss-reactive ketones (excluding diaryl/α,β-unsaturated/α-hetero) is 2. The number of carbonyl (C=O) groups excluding carboxylic acids is 2. The summed E-state index contributed by atoms with van der Waals surface area (Å²) in [5.74, 6) is 0.212. The van der Waals surface area contributed by atoms with Crippen LogP contribution in [0.1, 0.15) is 41.3 Å². The highest BCUT2D eigenvalue weighted by atomic mass is 32.2. The molecule has 0 saturated carbocycles. The predicted molar refractivity (Wildman–Crippen MR) is 153 cm³/mol. The van der Waals surface area contributed by atoms with Crippen LogP contribution in [-0.4, -0.2) is 27.5 Å². The number of carbonyl (C=O) groups is 2. The van der Waals surface area contributed by atoms with Gasteiger partial charge in [-0.15, -0.1) is 10.2 Å². The van der Waals surface area contributed by atoms with E-state index in [1.54, 1.807) is 17.0 Å². The Labute approximate surface area is 238 Å². The molecule has 8 nitrogen and oxygen atoms in total. The molecular weight excluding hydrogens is 542 g/mol. The lowest BCUT2D eigenvalue weighted by Crippen LogP contribution is -2.38. The number of allylic oxidation sites excluding steroid dienone is 3. The Kier molecular flexibility index (Phi) is 7.07. The highest BCUT2D eigenvalue weighted by molar-refractivity contribution is 8.01. The molecule has 0 bridgehead atoms. The predicted octanol–water partition coefficient (Wildman–Crippen LogP) is 6.08. The Bertz CT molecular complexity index is 1680. The third-order valence-electron chi connectivity index (χ3n) is 6.97. The van der Waals surface area contributed by atoms with E-state index in [1.165, 1.54) is 29.4 Å². The maximum atomic E-state index is 13.1. The number of nitriles is 1. The smallest absolute Gasteiger partial charge is 0.219 e. The zero-order chi connectivity index (χ0) is 27.6.